The number of hydrogen-bond donors (Lipinski definition) is 1. The first-order chi connectivity index (χ1) is 10.8. The Balaban J connectivity index is 1.59. The van der Waals surface area contributed by atoms with E-state index in [4.69, 9.17) is 16.0 Å². The van der Waals surface area contributed by atoms with E-state index in [-0.39, 0.29) is 0 Å². The minimum Gasteiger partial charge on any atom is -0.423 e. The highest BCUT2D eigenvalue weighted by molar-refractivity contribution is 7.16. The van der Waals surface area contributed by atoms with Crippen molar-refractivity contribution in [3.05, 3.63) is 59.2 Å². The lowest BCUT2D eigenvalue weighted by Gasteiger charge is -2.01. The van der Waals surface area contributed by atoms with Crippen molar-refractivity contribution < 1.29 is 4.42 Å². The van der Waals surface area contributed by atoms with Gasteiger partial charge in [0.2, 0.25) is 0 Å². The lowest BCUT2D eigenvalue weighted by molar-refractivity contribution is 0.592. The van der Waals surface area contributed by atoms with Gasteiger partial charge in [0.15, 0.2) is 5.76 Å². The summed E-state index contributed by atoms with van der Waals surface area (Å²) in [5.41, 5.74) is 4.67. The number of nitrogens with zero attached hydrogens (tertiary/aromatic N) is 2. The maximum atomic E-state index is 5.89. The number of fused-ring (bicyclic) bond motifs is 1. The van der Waals surface area contributed by atoms with Crippen molar-refractivity contribution in [2.24, 2.45) is 0 Å². The summed E-state index contributed by atoms with van der Waals surface area (Å²) in [4.78, 5) is 8.51. The number of hydrogen-bond acceptors (Lipinski definition) is 5. The first-order valence-electron chi connectivity index (χ1n) is 6.60. The zero-order valence-corrected chi connectivity index (χ0v) is 12.9. The van der Waals surface area contributed by atoms with Crippen LogP contribution < -0.4 is 5.32 Å². The van der Waals surface area contributed by atoms with E-state index in [1.54, 1.807) is 17.5 Å². The summed E-state index contributed by atoms with van der Waals surface area (Å²) in [7, 11) is 0. The van der Waals surface area contributed by atoms with Crippen LogP contribution in [0.4, 0.5) is 11.7 Å². The molecular weight excluding hydrogens is 318 g/mol. The van der Waals surface area contributed by atoms with E-state index in [2.05, 4.69) is 15.3 Å². The Morgan fingerprint density at radius 2 is 1.91 bits per heavy atom. The fourth-order valence-electron chi connectivity index (χ4n) is 2.14. The summed E-state index contributed by atoms with van der Waals surface area (Å²) >= 11 is 7.49. The smallest absolute Gasteiger partial charge is 0.299 e. The lowest BCUT2D eigenvalue weighted by atomic mass is 10.2. The van der Waals surface area contributed by atoms with Crippen molar-refractivity contribution in [3.63, 3.8) is 0 Å². The molecule has 0 bridgehead atoms. The molecule has 4 nitrogen and oxygen atoms in total. The van der Waals surface area contributed by atoms with Crippen LogP contribution in [0, 0.1) is 0 Å². The van der Waals surface area contributed by atoms with Gasteiger partial charge in [-0.05, 0) is 42.5 Å². The molecule has 0 amide bonds. The van der Waals surface area contributed by atoms with E-state index in [0.717, 1.165) is 21.5 Å². The molecule has 0 saturated carbocycles. The third-order valence-corrected chi connectivity index (χ3v) is 4.26. The molecule has 0 fully saturated rings. The highest BCUT2D eigenvalue weighted by Crippen LogP contribution is 2.27. The van der Waals surface area contributed by atoms with Gasteiger partial charge in [0, 0.05) is 16.3 Å². The van der Waals surface area contributed by atoms with Crippen molar-refractivity contribution in [1.29, 1.82) is 0 Å². The molecule has 0 radical (unpaired) electrons. The third-order valence-electron chi connectivity index (χ3n) is 3.22. The van der Waals surface area contributed by atoms with Gasteiger partial charge in [-0.3, -0.25) is 0 Å². The standard InChI is InChI=1S/C16H10ClN3OS/c17-11-3-1-10(2-4-11)14-8-18-16(21-14)20-12-5-6-13-15(7-12)22-9-19-13/h1-9H,(H,18,20). The second kappa shape index (κ2) is 5.44. The Morgan fingerprint density at radius 3 is 2.77 bits per heavy atom. The van der Waals surface area contributed by atoms with Crippen molar-refractivity contribution in [1.82, 2.24) is 9.97 Å². The predicted molar refractivity (Wildman–Crippen MR) is 89.9 cm³/mol. The number of nitrogens with one attached hydrogen (secondary N) is 1. The highest BCUT2D eigenvalue weighted by atomic mass is 35.5. The molecule has 2 aromatic carbocycles. The molecule has 108 valence electrons. The van der Waals surface area contributed by atoms with E-state index in [1.165, 1.54) is 0 Å². The van der Waals surface area contributed by atoms with E-state index in [9.17, 15) is 0 Å². The van der Waals surface area contributed by atoms with Crippen LogP contribution >= 0.6 is 22.9 Å². The van der Waals surface area contributed by atoms with Crippen LogP contribution in [0.5, 0.6) is 0 Å². The van der Waals surface area contributed by atoms with E-state index in [0.29, 0.717) is 16.8 Å². The Morgan fingerprint density at radius 1 is 1.05 bits per heavy atom. The Bertz CT molecular complexity index is 930. The minimum atomic E-state index is 0.453. The Kier molecular flexibility index (Phi) is 3.29. The quantitative estimate of drug-likeness (QED) is 0.551. The Labute approximate surface area is 135 Å². The van der Waals surface area contributed by atoms with Gasteiger partial charge < -0.3 is 9.73 Å². The van der Waals surface area contributed by atoms with E-state index >= 15 is 0 Å². The molecule has 0 aliphatic heterocycles. The van der Waals surface area contributed by atoms with Gasteiger partial charge in [-0.15, -0.1) is 11.3 Å². The third kappa shape index (κ3) is 2.56. The van der Waals surface area contributed by atoms with Crippen LogP contribution in [0.3, 0.4) is 0 Å². The molecular formula is C16H10ClN3OS. The summed E-state index contributed by atoms with van der Waals surface area (Å²) in [6.45, 7) is 0. The zero-order chi connectivity index (χ0) is 14.9. The normalized spacial score (nSPS) is 11.0. The molecule has 2 aromatic heterocycles. The van der Waals surface area contributed by atoms with Crippen LogP contribution in [0.15, 0.2) is 58.6 Å². The number of aromatic nitrogens is 2. The molecule has 22 heavy (non-hydrogen) atoms. The van der Waals surface area contributed by atoms with Crippen molar-refractivity contribution >= 4 is 44.9 Å². The molecule has 6 heteroatoms. The first kappa shape index (κ1) is 13.3. The van der Waals surface area contributed by atoms with Crippen LogP contribution in [-0.4, -0.2) is 9.97 Å². The van der Waals surface area contributed by atoms with Crippen molar-refractivity contribution in [2.75, 3.05) is 5.32 Å². The van der Waals surface area contributed by atoms with Crippen LogP contribution in [0.25, 0.3) is 21.5 Å². The Hall–Kier alpha value is -2.37. The van der Waals surface area contributed by atoms with E-state index < -0.39 is 0 Å². The van der Waals surface area contributed by atoms with Crippen molar-refractivity contribution in [2.45, 2.75) is 0 Å². The maximum absolute atomic E-state index is 5.89. The van der Waals surface area contributed by atoms with Crippen LogP contribution in [-0.2, 0) is 0 Å². The second-order valence-electron chi connectivity index (χ2n) is 4.70. The molecule has 0 aliphatic rings. The molecule has 0 aliphatic carbocycles. The summed E-state index contributed by atoms with van der Waals surface area (Å²) in [6, 6.07) is 13.8. The number of halogens is 1. The fourth-order valence-corrected chi connectivity index (χ4v) is 2.98. The van der Waals surface area contributed by atoms with Gasteiger partial charge in [-0.2, -0.15) is 0 Å². The van der Waals surface area contributed by atoms with Crippen LogP contribution in [0.1, 0.15) is 0 Å². The van der Waals surface area contributed by atoms with Gasteiger partial charge in [-0.1, -0.05) is 11.6 Å². The number of benzene rings is 2. The van der Waals surface area contributed by atoms with Gasteiger partial charge in [0.1, 0.15) is 0 Å². The molecule has 1 N–H and O–H groups in total. The van der Waals surface area contributed by atoms with Gasteiger partial charge >= 0.3 is 0 Å². The number of oxazole rings is 1. The maximum Gasteiger partial charge on any atom is 0.299 e. The summed E-state index contributed by atoms with van der Waals surface area (Å²) in [5, 5.41) is 3.86. The summed E-state index contributed by atoms with van der Waals surface area (Å²) in [5.74, 6) is 0.693. The minimum absolute atomic E-state index is 0.453. The monoisotopic (exact) mass is 327 g/mol. The molecule has 2 heterocycles. The second-order valence-corrected chi connectivity index (χ2v) is 6.02. The zero-order valence-electron chi connectivity index (χ0n) is 11.3. The lowest BCUT2D eigenvalue weighted by Crippen LogP contribution is -1.89. The fraction of sp³-hybridized carbons (Fsp3) is 0. The number of anilines is 2. The van der Waals surface area contributed by atoms with Crippen LogP contribution in [0.2, 0.25) is 5.02 Å². The summed E-state index contributed by atoms with van der Waals surface area (Å²) in [6.07, 6.45) is 1.69. The molecule has 4 aromatic rings. The molecule has 0 unspecified atom stereocenters. The summed E-state index contributed by atoms with van der Waals surface area (Å²) < 4.78 is 6.85. The number of thiazole rings is 1. The topological polar surface area (TPSA) is 51.0 Å². The SMILES string of the molecule is Clc1ccc(-c2cnc(Nc3ccc4ncsc4c3)o2)cc1. The molecule has 0 spiro atoms. The van der Waals surface area contributed by atoms with Crippen molar-refractivity contribution in [3.8, 4) is 11.3 Å². The highest BCUT2D eigenvalue weighted by Gasteiger charge is 2.07. The van der Waals surface area contributed by atoms with Gasteiger partial charge in [0.05, 0.1) is 21.9 Å². The average Bonchev–Trinajstić information content (AvgIpc) is 3.17. The molecule has 0 atom stereocenters. The molecule has 4 rings (SSSR count). The number of rotatable bonds is 3. The predicted octanol–water partition coefficient (Wildman–Crippen LogP) is 5.35. The van der Waals surface area contributed by atoms with Gasteiger partial charge in [0.25, 0.3) is 6.01 Å². The largest absolute Gasteiger partial charge is 0.423 e. The van der Waals surface area contributed by atoms with E-state index in [1.807, 2.05) is 48.0 Å². The van der Waals surface area contributed by atoms with Gasteiger partial charge in [-0.25, -0.2) is 9.97 Å². The average molecular weight is 328 g/mol. The molecule has 0 saturated heterocycles. The first-order valence-corrected chi connectivity index (χ1v) is 7.86.